The van der Waals surface area contributed by atoms with Gasteiger partial charge in [0.2, 0.25) is 0 Å². The fraction of sp³-hybridized carbons (Fsp3) is 0. The van der Waals surface area contributed by atoms with E-state index in [9.17, 15) is 0 Å². The number of hydrogen-bond donors (Lipinski definition) is 0. The van der Waals surface area contributed by atoms with Crippen LogP contribution in [0.3, 0.4) is 0 Å². The Kier molecular flexibility index (Phi) is 6.39. The second kappa shape index (κ2) is 11.2. The third-order valence-corrected chi connectivity index (χ3v) is 10.9. The largest absolute Gasteiger partial charge is 0.310 e. The van der Waals surface area contributed by atoms with Gasteiger partial charge in [0.1, 0.15) is 0 Å². The van der Waals surface area contributed by atoms with Crippen LogP contribution in [0.4, 0.5) is 17.1 Å². The lowest BCUT2D eigenvalue weighted by molar-refractivity contribution is 1.18. The first kappa shape index (κ1) is 27.9. The molecule has 0 aliphatic carbocycles. The van der Waals surface area contributed by atoms with Gasteiger partial charge in [-0.25, -0.2) is 0 Å². The summed E-state index contributed by atoms with van der Waals surface area (Å²) in [7, 11) is 0. The quantitative estimate of drug-likeness (QED) is 0.181. The maximum atomic E-state index is 2.38. The molecular formula is C46H30N2S. The van der Waals surface area contributed by atoms with Crippen molar-refractivity contribution in [2.75, 3.05) is 4.90 Å². The third-order valence-electron chi connectivity index (χ3n) is 9.76. The average molecular weight is 643 g/mol. The molecule has 3 heteroatoms. The molecule has 0 unspecified atom stereocenters. The number of para-hydroxylation sites is 3. The standard InChI is InChI=1S/C46H30N2S/c1-3-11-34(12-4-1)47(37-26-27-39-38-15-7-9-17-42(38)48(43(39)30-37)35-13-5-2-6-14-35)36-24-21-31(22-25-36)33-20-19-32-23-28-45-46(41(32)29-33)40-16-8-10-18-44(40)49-45/h1-30H. The second-order valence-electron chi connectivity index (χ2n) is 12.6. The van der Waals surface area contributed by atoms with Gasteiger partial charge in [-0.1, -0.05) is 109 Å². The van der Waals surface area contributed by atoms with Crippen molar-refractivity contribution in [1.29, 1.82) is 0 Å². The molecule has 0 atom stereocenters. The molecule has 2 nitrogen and oxygen atoms in total. The molecule has 0 radical (unpaired) electrons. The van der Waals surface area contributed by atoms with Crippen LogP contribution in [0, 0.1) is 0 Å². The highest BCUT2D eigenvalue weighted by atomic mass is 32.1. The minimum Gasteiger partial charge on any atom is -0.310 e. The van der Waals surface area contributed by atoms with Gasteiger partial charge >= 0.3 is 0 Å². The van der Waals surface area contributed by atoms with Crippen LogP contribution in [0.2, 0.25) is 0 Å². The zero-order valence-electron chi connectivity index (χ0n) is 26.6. The van der Waals surface area contributed by atoms with Crippen molar-refractivity contribution in [2.24, 2.45) is 0 Å². The molecule has 0 N–H and O–H groups in total. The van der Waals surface area contributed by atoms with Gasteiger partial charge in [0.25, 0.3) is 0 Å². The number of hydrogen-bond acceptors (Lipinski definition) is 2. The SMILES string of the molecule is c1ccc(N(c2ccc(-c3ccc4ccc5sc6ccccc6c5c4c3)cc2)c2ccc3c4ccccc4n(-c4ccccc4)c3c2)cc1. The van der Waals surface area contributed by atoms with Crippen molar-refractivity contribution in [3.63, 3.8) is 0 Å². The summed E-state index contributed by atoms with van der Waals surface area (Å²) in [5.74, 6) is 0. The predicted octanol–water partition coefficient (Wildman–Crippen LogP) is 13.4. The summed E-state index contributed by atoms with van der Waals surface area (Å²) in [5, 5.41) is 7.78. The average Bonchev–Trinajstić information content (AvgIpc) is 3.72. The molecule has 230 valence electrons. The van der Waals surface area contributed by atoms with Gasteiger partial charge in [-0.3, -0.25) is 0 Å². The first-order valence-electron chi connectivity index (χ1n) is 16.7. The third kappa shape index (κ3) is 4.55. The molecule has 0 aliphatic rings. The van der Waals surface area contributed by atoms with E-state index in [-0.39, 0.29) is 0 Å². The predicted molar refractivity (Wildman–Crippen MR) is 211 cm³/mol. The van der Waals surface area contributed by atoms with Crippen molar-refractivity contribution in [3.05, 3.63) is 182 Å². The molecule has 0 saturated heterocycles. The Balaban J connectivity index is 1.11. The van der Waals surface area contributed by atoms with E-state index in [1.54, 1.807) is 0 Å². The maximum Gasteiger partial charge on any atom is 0.0561 e. The van der Waals surface area contributed by atoms with E-state index in [2.05, 4.69) is 191 Å². The van der Waals surface area contributed by atoms with Crippen molar-refractivity contribution in [2.45, 2.75) is 0 Å². The highest BCUT2D eigenvalue weighted by molar-refractivity contribution is 7.26. The second-order valence-corrected chi connectivity index (χ2v) is 13.7. The van der Waals surface area contributed by atoms with Gasteiger partial charge in [0.15, 0.2) is 0 Å². The Hall–Kier alpha value is -6.16. The van der Waals surface area contributed by atoms with Crippen LogP contribution in [-0.4, -0.2) is 4.57 Å². The Morgan fingerprint density at radius 1 is 0.388 bits per heavy atom. The van der Waals surface area contributed by atoms with Gasteiger partial charge in [-0.05, 0) is 94.7 Å². The zero-order chi connectivity index (χ0) is 32.3. The number of anilines is 3. The summed E-state index contributed by atoms with van der Waals surface area (Å²) in [6, 6.07) is 66.1. The Morgan fingerprint density at radius 2 is 1.02 bits per heavy atom. The highest BCUT2D eigenvalue weighted by Crippen LogP contribution is 2.42. The molecule has 2 aromatic heterocycles. The molecule has 10 aromatic rings. The molecule has 0 spiro atoms. The number of nitrogens with zero attached hydrogens (tertiary/aromatic N) is 2. The number of fused-ring (bicyclic) bond motifs is 8. The van der Waals surface area contributed by atoms with E-state index >= 15 is 0 Å². The number of rotatable bonds is 5. The van der Waals surface area contributed by atoms with Crippen LogP contribution in [-0.2, 0) is 0 Å². The summed E-state index contributed by atoms with van der Waals surface area (Å²) in [4.78, 5) is 2.36. The van der Waals surface area contributed by atoms with E-state index in [1.165, 1.54) is 63.9 Å². The van der Waals surface area contributed by atoms with Crippen LogP contribution in [0.25, 0.3) is 69.6 Å². The summed E-state index contributed by atoms with van der Waals surface area (Å²) in [6.07, 6.45) is 0. The summed E-state index contributed by atoms with van der Waals surface area (Å²) in [5.41, 5.74) is 9.33. The van der Waals surface area contributed by atoms with E-state index in [0.717, 1.165) is 22.7 Å². The topological polar surface area (TPSA) is 8.17 Å². The highest BCUT2D eigenvalue weighted by Gasteiger charge is 2.18. The van der Waals surface area contributed by atoms with Gasteiger partial charge < -0.3 is 9.47 Å². The molecule has 49 heavy (non-hydrogen) atoms. The molecule has 8 aromatic carbocycles. The van der Waals surface area contributed by atoms with Crippen molar-refractivity contribution < 1.29 is 0 Å². The van der Waals surface area contributed by atoms with E-state index in [4.69, 9.17) is 0 Å². The van der Waals surface area contributed by atoms with Crippen molar-refractivity contribution in [3.8, 4) is 16.8 Å². The number of thiophene rings is 1. The summed E-state index contributed by atoms with van der Waals surface area (Å²) >= 11 is 1.87. The smallest absolute Gasteiger partial charge is 0.0561 e. The molecular weight excluding hydrogens is 613 g/mol. The molecule has 2 heterocycles. The van der Waals surface area contributed by atoms with Crippen LogP contribution >= 0.6 is 11.3 Å². The molecule has 0 amide bonds. The van der Waals surface area contributed by atoms with Crippen molar-refractivity contribution >= 4 is 81.1 Å². The monoisotopic (exact) mass is 642 g/mol. The number of benzene rings is 8. The normalized spacial score (nSPS) is 11.7. The van der Waals surface area contributed by atoms with Gasteiger partial charge in [0.05, 0.1) is 11.0 Å². The molecule has 10 rings (SSSR count). The van der Waals surface area contributed by atoms with Crippen LogP contribution < -0.4 is 4.90 Å². The first-order valence-corrected chi connectivity index (χ1v) is 17.5. The molecule has 0 aliphatic heterocycles. The summed E-state index contributed by atoms with van der Waals surface area (Å²) < 4.78 is 5.06. The Labute approximate surface area is 288 Å². The molecule has 0 bridgehead atoms. The van der Waals surface area contributed by atoms with Gasteiger partial charge in [0, 0.05) is 53.7 Å². The number of aromatic nitrogens is 1. The minimum absolute atomic E-state index is 1.11. The van der Waals surface area contributed by atoms with Crippen LogP contribution in [0.5, 0.6) is 0 Å². The van der Waals surface area contributed by atoms with Crippen LogP contribution in [0.1, 0.15) is 0 Å². The fourth-order valence-electron chi connectivity index (χ4n) is 7.50. The van der Waals surface area contributed by atoms with Gasteiger partial charge in [-0.15, -0.1) is 11.3 Å². The minimum atomic E-state index is 1.11. The van der Waals surface area contributed by atoms with Crippen LogP contribution in [0.15, 0.2) is 182 Å². The maximum absolute atomic E-state index is 2.38. The zero-order valence-corrected chi connectivity index (χ0v) is 27.4. The van der Waals surface area contributed by atoms with Crippen molar-refractivity contribution in [1.82, 2.24) is 4.57 Å². The lowest BCUT2D eigenvalue weighted by Crippen LogP contribution is -2.10. The molecule has 0 fully saturated rings. The first-order chi connectivity index (χ1) is 24.3. The van der Waals surface area contributed by atoms with E-state index in [1.807, 2.05) is 11.3 Å². The molecule has 0 saturated carbocycles. The Morgan fingerprint density at radius 3 is 1.86 bits per heavy atom. The fourth-order valence-corrected chi connectivity index (χ4v) is 8.62. The lowest BCUT2D eigenvalue weighted by atomic mass is 9.98. The lowest BCUT2D eigenvalue weighted by Gasteiger charge is -2.26. The van der Waals surface area contributed by atoms with E-state index in [0.29, 0.717) is 0 Å². The van der Waals surface area contributed by atoms with Gasteiger partial charge in [-0.2, -0.15) is 0 Å². The Bertz CT molecular complexity index is 2810. The summed E-state index contributed by atoms with van der Waals surface area (Å²) in [6.45, 7) is 0. The van der Waals surface area contributed by atoms with E-state index < -0.39 is 0 Å².